The Kier molecular flexibility index (Phi) is 8.79. The summed E-state index contributed by atoms with van der Waals surface area (Å²) < 4.78 is 52.4. The van der Waals surface area contributed by atoms with E-state index in [-0.39, 0.29) is 46.5 Å². The van der Waals surface area contributed by atoms with E-state index in [1.165, 1.54) is 51.0 Å². The number of pyridine rings is 2. The number of ether oxygens (including phenoxy) is 2. The normalized spacial score (nSPS) is 14.1. The SMILES string of the molecule is COc1nc2c(C#Cc3cncc(C(=O)Nc4ccc(CN5CCN(C)CC5)c(C(F)(F)F)c4)c3)cnc(N)c2nc1OC. The van der Waals surface area contributed by atoms with E-state index in [1.807, 2.05) is 11.9 Å². The van der Waals surface area contributed by atoms with Gasteiger partial charge in [-0.25, -0.2) is 15.0 Å². The number of hydrogen-bond acceptors (Lipinski definition) is 10. The first-order chi connectivity index (χ1) is 21.0. The molecule has 1 aliphatic rings. The summed E-state index contributed by atoms with van der Waals surface area (Å²) in [6, 6.07) is 5.32. The van der Waals surface area contributed by atoms with Crippen molar-refractivity contribution >= 4 is 28.4 Å². The molecule has 0 bridgehead atoms. The van der Waals surface area contributed by atoms with Crippen molar-refractivity contribution in [2.75, 3.05) is 58.5 Å². The van der Waals surface area contributed by atoms with Crippen molar-refractivity contribution in [2.24, 2.45) is 0 Å². The van der Waals surface area contributed by atoms with E-state index in [0.29, 0.717) is 29.7 Å². The fourth-order valence-corrected chi connectivity index (χ4v) is 4.66. The Labute approximate surface area is 251 Å². The molecule has 0 unspecified atom stereocenters. The number of rotatable bonds is 6. The topological polar surface area (TPSA) is 132 Å². The highest BCUT2D eigenvalue weighted by Gasteiger charge is 2.34. The van der Waals surface area contributed by atoms with E-state index in [2.05, 4.69) is 42.0 Å². The molecule has 11 nitrogen and oxygen atoms in total. The summed E-state index contributed by atoms with van der Waals surface area (Å²) in [4.78, 5) is 34.0. The van der Waals surface area contributed by atoms with Crippen molar-refractivity contribution in [3.63, 3.8) is 0 Å². The van der Waals surface area contributed by atoms with Gasteiger partial charge in [-0.3, -0.25) is 14.7 Å². The van der Waals surface area contributed by atoms with Crippen LogP contribution in [0.3, 0.4) is 0 Å². The largest absolute Gasteiger partial charge is 0.477 e. The zero-order valence-electron chi connectivity index (χ0n) is 24.2. The number of aromatic nitrogens is 4. The lowest BCUT2D eigenvalue weighted by Gasteiger charge is -2.33. The minimum absolute atomic E-state index is 0.0170. The smallest absolute Gasteiger partial charge is 0.416 e. The summed E-state index contributed by atoms with van der Waals surface area (Å²) in [6.45, 7) is 3.11. The molecule has 228 valence electrons. The van der Waals surface area contributed by atoms with Crippen LogP contribution < -0.4 is 20.5 Å². The van der Waals surface area contributed by atoms with Crippen molar-refractivity contribution in [2.45, 2.75) is 12.7 Å². The quantitative estimate of drug-likeness (QED) is 0.315. The Balaban J connectivity index is 1.36. The lowest BCUT2D eigenvalue weighted by Crippen LogP contribution is -2.44. The number of benzene rings is 1. The summed E-state index contributed by atoms with van der Waals surface area (Å²) in [5.74, 6) is 5.59. The van der Waals surface area contributed by atoms with Crippen LogP contribution in [0.5, 0.6) is 11.8 Å². The number of fused-ring (bicyclic) bond motifs is 1. The molecule has 1 aromatic carbocycles. The highest BCUT2D eigenvalue weighted by molar-refractivity contribution is 6.04. The van der Waals surface area contributed by atoms with Gasteiger partial charge in [0.05, 0.1) is 30.9 Å². The minimum Gasteiger partial charge on any atom is -0.477 e. The van der Waals surface area contributed by atoms with Gasteiger partial charge in [0, 0.05) is 62.6 Å². The third-order valence-corrected chi connectivity index (χ3v) is 7.06. The van der Waals surface area contributed by atoms with Crippen molar-refractivity contribution in [3.05, 3.63) is 70.7 Å². The van der Waals surface area contributed by atoms with E-state index < -0.39 is 17.6 Å². The number of halogens is 3. The molecular formula is C30H29F3N8O3. The number of alkyl halides is 3. The molecule has 0 atom stereocenters. The fraction of sp³-hybridized carbons (Fsp3) is 0.300. The molecule has 3 aromatic heterocycles. The molecule has 0 radical (unpaired) electrons. The lowest BCUT2D eigenvalue weighted by molar-refractivity contribution is -0.138. The lowest BCUT2D eigenvalue weighted by atomic mass is 10.0. The number of likely N-dealkylation sites (N-methyl/N-ethyl adjacent to an activating group) is 1. The second-order valence-electron chi connectivity index (χ2n) is 10.1. The molecule has 5 rings (SSSR count). The number of piperazine rings is 1. The maximum atomic E-state index is 14.0. The number of nitrogens with two attached hydrogens (primary N) is 1. The summed E-state index contributed by atoms with van der Waals surface area (Å²) in [7, 11) is 4.82. The Hall–Kier alpha value is -5.00. The molecule has 4 aromatic rings. The number of carbonyl (C=O) groups is 1. The van der Waals surface area contributed by atoms with Crippen LogP contribution in [-0.2, 0) is 12.7 Å². The zero-order chi connectivity index (χ0) is 31.4. The van der Waals surface area contributed by atoms with Gasteiger partial charge in [-0.2, -0.15) is 13.2 Å². The van der Waals surface area contributed by atoms with Gasteiger partial charge in [0.1, 0.15) is 11.0 Å². The van der Waals surface area contributed by atoms with Crippen LogP contribution in [0, 0.1) is 11.8 Å². The second-order valence-corrected chi connectivity index (χ2v) is 10.1. The molecule has 44 heavy (non-hydrogen) atoms. The van der Waals surface area contributed by atoms with Crippen molar-refractivity contribution in [1.82, 2.24) is 29.7 Å². The molecule has 1 saturated heterocycles. The van der Waals surface area contributed by atoms with Crippen LogP contribution in [0.2, 0.25) is 0 Å². The number of methoxy groups -OCH3 is 2. The van der Waals surface area contributed by atoms with Gasteiger partial charge in [-0.05, 0) is 30.8 Å². The Morgan fingerprint density at radius 2 is 1.70 bits per heavy atom. The number of nitrogens with zero attached hydrogens (tertiary/aromatic N) is 6. The summed E-state index contributed by atoms with van der Waals surface area (Å²) in [6.07, 6.45) is -0.405. The maximum Gasteiger partial charge on any atom is 0.416 e. The highest BCUT2D eigenvalue weighted by atomic mass is 19.4. The van der Waals surface area contributed by atoms with E-state index in [9.17, 15) is 18.0 Å². The van der Waals surface area contributed by atoms with E-state index in [4.69, 9.17) is 15.2 Å². The van der Waals surface area contributed by atoms with Gasteiger partial charge < -0.3 is 25.4 Å². The predicted octanol–water partition coefficient (Wildman–Crippen LogP) is 3.44. The maximum absolute atomic E-state index is 14.0. The van der Waals surface area contributed by atoms with E-state index >= 15 is 0 Å². The average molecular weight is 607 g/mol. The van der Waals surface area contributed by atoms with Gasteiger partial charge in [-0.15, -0.1) is 0 Å². The van der Waals surface area contributed by atoms with Gasteiger partial charge >= 0.3 is 6.18 Å². The Morgan fingerprint density at radius 1 is 1.00 bits per heavy atom. The van der Waals surface area contributed by atoms with Crippen LogP contribution in [-0.4, -0.2) is 83.1 Å². The van der Waals surface area contributed by atoms with Crippen molar-refractivity contribution in [3.8, 4) is 23.6 Å². The molecule has 0 spiro atoms. The number of hydrogen-bond donors (Lipinski definition) is 2. The molecule has 1 fully saturated rings. The Bertz CT molecular complexity index is 1760. The summed E-state index contributed by atoms with van der Waals surface area (Å²) >= 11 is 0. The molecule has 0 saturated carbocycles. The molecular weight excluding hydrogens is 577 g/mol. The molecule has 3 N–H and O–H groups in total. The summed E-state index contributed by atoms with van der Waals surface area (Å²) in [5.41, 5.74) is 6.83. The predicted molar refractivity (Wildman–Crippen MR) is 157 cm³/mol. The van der Waals surface area contributed by atoms with Gasteiger partial charge in [0.2, 0.25) is 0 Å². The van der Waals surface area contributed by atoms with Crippen LogP contribution in [0.15, 0.2) is 42.9 Å². The monoisotopic (exact) mass is 606 g/mol. The van der Waals surface area contributed by atoms with Gasteiger partial charge in [0.15, 0.2) is 5.82 Å². The van der Waals surface area contributed by atoms with E-state index in [0.717, 1.165) is 19.2 Å². The number of amides is 1. The zero-order valence-corrected chi connectivity index (χ0v) is 24.2. The van der Waals surface area contributed by atoms with Crippen LogP contribution in [0.25, 0.3) is 11.0 Å². The average Bonchev–Trinajstić information content (AvgIpc) is 3.01. The second kappa shape index (κ2) is 12.7. The molecule has 1 amide bonds. The van der Waals surface area contributed by atoms with Crippen LogP contribution in [0.1, 0.15) is 32.6 Å². The van der Waals surface area contributed by atoms with Crippen LogP contribution >= 0.6 is 0 Å². The van der Waals surface area contributed by atoms with Gasteiger partial charge in [0.25, 0.3) is 17.7 Å². The number of nitrogen functional groups attached to an aromatic ring is 1. The van der Waals surface area contributed by atoms with Crippen molar-refractivity contribution in [1.29, 1.82) is 0 Å². The van der Waals surface area contributed by atoms with Crippen LogP contribution in [0.4, 0.5) is 24.7 Å². The molecule has 1 aliphatic heterocycles. The molecule has 0 aliphatic carbocycles. The van der Waals surface area contributed by atoms with Crippen molar-refractivity contribution < 1.29 is 27.4 Å². The summed E-state index contributed by atoms with van der Waals surface area (Å²) in [5, 5.41) is 2.55. The highest BCUT2D eigenvalue weighted by Crippen LogP contribution is 2.35. The first kappa shape index (κ1) is 30.5. The first-order valence-corrected chi connectivity index (χ1v) is 13.5. The standard InChI is InChI=1S/C30H29F3N8O3/c1-40-8-10-41(11-9-40)17-20-6-7-22(13-23(20)30(31,32)33)37-27(42)21-12-18(14-35-15-21)4-5-19-16-36-26(34)25-24(19)38-28(43-2)29(39-25)44-3/h6-7,12-16H,8-11,17H2,1-3H3,(H2,34,36)(H,37,42). The third-order valence-electron chi connectivity index (χ3n) is 7.06. The Morgan fingerprint density at radius 3 is 2.39 bits per heavy atom. The first-order valence-electron chi connectivity index (χ1n) is 13.5. The van der Waals surface area contributed by atoms with Gasteiger partial charge in [-0.1, -0.05) is 17.9 Å². The molecule has 14 heteroatoms. The number of nitrogens with one attached hydrogen (secondary N) is 1. The minimum atomic E-state index is -4.58. The van der Waals surface area contributed by atoms with E-state index in [1.54, 1.807) is 0 Å². The number of carbonyl (C=O) groups excluding carboxylic acids is 1. The fourth-order valence-electron chi connectivity index (χ4n) is 4.66. The molecule has 4 heterocycles. The third kappa shape index (κ3) is 6.80. The number of anilines is 2.